The molecule has 0 bridgehead atoms. The first kappa shape index (κ1) is 19.6. The molecule has 160 valence electrons. The van der Waals surface area contributed by atoms with Crippen LogP contribution in [0.15, 0.2) is 58.2 Å². The highest BCUT2D eigenvalue weighted by molar-refractivity contribution is 5.95. The second-order valence-corrected chi connectivity index (χ2v) is 7.14. The van der Waals surface area contributed by atoms with Crippen LogP contribution in [0, 0.1) is 11.6 Å². The number of aromatic nitrogens is 3. The molecule has 2 aromatic heterocycles. The van der Waals surface area contributed by atoms with E-state index in [4.69, 9.17) is 4.52 Å². The lowest BCUT2D eigenvalue weighted by Gasteiger charge is -2.19. The van der Waals surface area contributed by atoms with Gasteiger partial charge in [0.15, 0.2) is 17.4 Å². The average molecular weight is 435 g/mol. The van der Waals surface area contributed by atoms with E-state index in [0.717, 1.165) is 6.07 Å². The predicted octanol–water partition coefficient (Wildman–Crippen LogP) is 4.06. The van der Waals surface area contributed by atoms with E-state index in [1.165, 1.54) is 18.2 Å². The molecule has 1 aliphatic rings. The molecular weight excluding hydrogens is 420 g/mol. The van der Waals surface area contributed by atoms with Gasteiger partial charge < -0.3 is 14.6 Å². The van der Waals surface area contributed by atoms with Crippen LogP contribution in [0.4, 0.5) is 8.78 Å². The van der Waals surface area contributed by atoms with Crippen molar-refractivity contribution < 1.29 is 23.2 Å². The standard InChI is InChI=1S/C22H15F2N5O3/c23-16-7-3-6-15(20(16)24)21-26-18-9-25-29(11-19(18)27-21)10-12-8-17(28-32-12)13-4-1-2-5-14(13)22(30)31/h1-9H,10-11H2,(H,26,27)(H,30,31). The number of nitrogens with one attached hydrogen (secondary N) is 1. The lowest BCUT2D eigenvalue weighted by atomic mass is 10.0. The normalized spacial score (nSPS) is 12.8. The number of carboxylic acid groups (broad SMARTS) is 1. The summed E-state index contributed by atoms with van der Waals surface area (Å²) in [4.78, 5) is 18.8. The van der Waals surface area contributed by atoms with E-state index >= 15 is 0 Å². The first-order valence-corrected chi connectivity index (χ1v) is 9.60. The number of fused-ring (bicyclic) bond motifs is 1. The van der Waals surface area contributed by atoms with Gasteiger partial charge in [0.2, 0.25) is 0 Å². The molecule has 2 N–H and O–H groups in total. The van der Waals surface area contributed by atoms with E-state index in [9.17, 15) is 18.7 Å². The first-order valence-electron chi connectivity index (χ1n) is 9.60. The number of hydrazone groups is 1. The molecule has 0 atom stereocenters. The average Bonchev–Trinajstić information content (AvgIpc) is 3.42. The number of hydrogen-bond donors (Lipinski definition) is 2. The van der Waals surface area contributed by atoms with Crippen molar-refractivity contribution in [2.45, 2.75) is 13.1 Å². The Morgan fingerprint density at radius 1 is 1.16 bits per heavy atom. The van der Waals surface area contributed by atoms with E-state index < -0.39 is 17.6 Å². The van der Waals surface area contributed by atoms with Crippen LogP contribution in [0.2, 0.25) is 0 Å². The number of imidazole rings is 1. The molecule has 0 spiro atoms. The smallest absolute Gasteiger partial charge is 0.336 e. The molecule has 0 saturated heterocycles. The van der Waals surface area contributed by atoms with Crippen LogP contribution in [0.3, 0.4) is 0 Å². The van der Waals surface area contributed by atoms with Gasteiger partial charge in [-0.2, -0.15) is 5.10 Å². The zero-order chi connectivity index (χ0) is 22.2. The largest absolute Gasteiger partial charge is 0.478 e. The zero-order valence-electron chi connectivity index (χ0n) is 16.4. The van der Waals surface area contributed by atoms with Crippen molar-refractivity contribution in [3.63, 3.8) is 0 Å². The lowest BCUT2D eigenvalue weighted by molar-refractivity contribution is 0.0697. The second-order valence-electron chi connectivity index (χ2n) is 7.14. The van der Waals surface area contributed by atoms with E-state index in [0.29, 0.717) is 35.0 Å². The van der Waals surface area contributed by atoms with Gasteiger partial charge in [-0.25, -0.2) is 18.6 Å². The van der Waals surface area contributed by atoms with Gasteiger partial charge in [-0.3, -0.25) is 5.01 Å². The van der Waals surface area contributed by atoms with Crippen molar-refractivity contribution in [3.8, 4) is 22.6 Å². The summed E-state index contributed by atoms with van der Waals surface area (Å²) >= 11 is 0. The molecular formula is C22H15F2N5O3. The minimum atomic E-state index is -1.05. The Kier molecular flexibility index (Phi) is 4.74. The summed E-state index contributed by atoms with van der Waals surface area (Å²) in [7, 11) is 0. The number of carbonyl (C=O) groups is 1. The van der Waals surface area contributed by atoms with Crippen molar-refractivity contribution in [1.82, 2.24) is 20.1 Å². The summed E-state index contributed by atoms with van der Waals surface area (Å²) in [5, 5.41) is 19.3. The van der Waals surface area contributed by atoms with Gasteiger partial charge >= 0.3 is 5.97 Å². The fourth-order valence-electron chi connectivity index (χ4n) is 3.50. The van der Waals surface area contributed by atoms with Gasteiger partial charge in [-0.1, -0.05) is 29.4 Å². The highest BCUT2D eigenvalue weighted by Gasteiger charge is 2.21. The molecule has 0 saturated carbocycles. The molecule has 2 aromatic carbocycles. The van der Waals surface area contributed by atoms with Gasteiger partial charge in [-0.15, -0.1) is 0 Å². The van der Waals surface area contributed by atoms with Crippen molar-refractivity contribution in [1.29, 1.82) is 0 Å². The van der Waals surface area contributed by atoms with Gasteiger partial charge in [-0.05, 0) is 18.2 Å². The van der Waals surface area contributed by atoms with Crippen LogP contribution < -0.4 is 0 Å². The Bertz CT molecular complexity index is 1360. The van der Waals surface area contributed by atoms with Crippen molar-refractivity contribution >= 4 is 12.2 Å². The van der Waals surface area contributed by atoms with Gasteiger partial charge in [0.25, 0.3) is 0 Å². The third-order valence-electron chi connectivity index (χ3n) is 5.03. The number of nitrogens with zero attached hydrogens (tertiary/aromatic N) is 4. The summed E-state index contributed by atoms with van der Waals surface area (Å²) in [6.07, 6.45) is 1.55. The molecule has 32 heavy (non-hydrogen) atoms. The molecule has 0 unspecified atom stereocenters. The summed E-state index contributed by atoms with van der Waals surface area (Å²) in [6, 6.07) is 12.1. The second kappa shape index (κ2) is 7.73. The Balaban J connectivity index is 1.34. The minimum Gasteiger partial charge on any atom is -0.478 e. The summed E-state index contributed by atoms with van der Waals surface area (Å²) in [6.45, 7) is 0.565. The summed E-state index contributed by atoms with van der Waals surface area (Å²) in [5.74, 6) is -2.27. The van der Waals surface area contributed by atoms with E-state index in [1.807, 2.05) is 0 Å². The molecule has 0 aliphatic carbocycles. The fourth-order valence-corrected chi connectivity index (χ4v) is 3.50. The highest BCUT2D eigenvalue weighted by atomic mass is 19.2. The third kappa shape index (κ3) is 3.51. The fraction of sp³-hybridized carbons (Fsp3) is 0.0909. The van der Waals surface area contributed by atoms with Crippen LogP contribution in [0.1, 0.15) is 27.5 Å². The van der Waals surface area contributed by atoms with E-state index in [-0.39, 0.29) is 23.5 Å². The van der Waals surface area contributed by atoms with Crippen molar-refractivity contribution in [3.05, 3.63) is 82.9 Å². The van der Waals surface area contributed by atoms with E-state index in [2.05, 4.69) is 20.2 Å². The Labute approximate surface area is 179 Å². The van der Waals surface area contributed by atoms with Crippen LogP contribution in [0.5, 0.6) is 0 Å². The number of carboxylic acids is 1. The van der Waals surface area contributed by atoms with Crippen LogP contribution in [-0.4, -0.2) is 37.4 Å². The molecule has 5 rings (SSSR count). The number of H-pyrrole nitrogens is 1. The van der Waals surface area contributed by atoms with Crippen molar-refractivity contribution in [2.75, 3.05) is 0 Å². The molecule has 4 aromatic rings. The third-order valence-corrected chi connectivity index (χ3v) is 5.03. The molecule has 10 heteroatoms. The molecule has 0 amide bonds. The zero-order valence-corrected chi connectivity index (χ0v) is 16.4. The maximum Gasteiger partial charge on any atom is 0.336 e. The maximum absolute atomic E-state index is 14.1. The Morgan fingerprint density at radius 3 is 2.81 bits per heavy atom. The molecule has 8 nitrogen and oxygen atoms in total. The van der Waals surface area contributed by atoms with Crippen LogP contribution >= 0.6 is 0 Å². The number of halogens is 2. The lowest BCUT2D eigenvalue weighted by Crippen LogP contribution is -2.21. The monoisotopic (exact) mass is 435 g/mol. The Morgan fingerprint density at radius 2 is 1.97 bits per heavy atom. The quantitative estimate of drug-likeness (QED) is 0.490. The summed E-state index contributed by atoms with van der Waals surface area (Å²) in [5.41, 5.74) is 2.25. The van der Waals surface area contributed by atoms with Gasteiger partial charge in [0.1, 0.15) is 11.5 Å². The van der Waals surface area contributed by atoms with Crippen LogP contribution in [-0.2, 0) is 13.1 Å². The predicted molar refractivity (Wildman–Crippen MR) is 110 cm³/mol. The first-order chi connectivity index (χ1) is 15.5. The van der Waals surface area contributed by atoms with Crippen molar-refractivity contribution in [2.24, 2.45) is 5.10 Å². The van der Waals surface area contributed by atoms with Gasteiger partial charge in [0.05, 0.1) is 41.8 Å². The van der Waals surface area contributed by atoms with E-state index in [1.54, 1.807) is 35.5 Å². The molecule has 0 fully saturated rings. The molecule has 3 heterocycles. The van der Waals surface area contributed by atoms with Crippen LogP contribution in [0.25, 0.3) is 22.6 Å². The molecule has 1 aliphatic heterocycles. The number of hydrogen-bond acceptors (Lipinski definition) is 6. The minimum absolute atomic E-state index is 0.0383. The Hall–Kier alpha value is -4.34. The number of benzene rings is 2. The highest BCUT2D eigenvalue weighted by Crippen LogP contribution is 2.27. The SMILES string of the molecule is O=C(O)c1ccccc1-c1cc(CN2Cc3nc(-c4cccc(F)c4F)[nH]c3C=N2)on1. The number of aromatic carboxylic acids is 1. The number of rotatable bonds is 5. The topological polar surface area (TPSA) is 108 Å². The maximum atomic E-state index is 14.1. The van der Waals surface area contributed by atoms with Gasteiger partial charge in [0, 0.05) is 11.6 Å². The summed E-state index contributed by atoms with van der Waals surface area (Å²) < 4.78 is 33.0. The number of aromatic amines is 1. The molecule has 0 radical (unpaired) electrons.